The van der Waals surface area contributed by atoms with E-state index in [9.17, 15) is 4.79 Å². The van der Waals surface area contributed by atoms with Crippen molar-refractivity contribution in [3.63, 3.8) is 0 Å². The first-order valence-electron chi connectivity index (χ1n) is 10.5. The van der Waals surface area contributed by atoms with Crippen LogP contribution in [0, 0.1) is 0 Å². The largest absolute Gasteiger partial charge is 0.493 e. The number of hydrogen-bond donors (Lipinski definition) is 1. The summed E-state index contributed by atoms with van der Waals surface area (Å²) in [6.45, 7) is 0. The van der Waals surface area contributed by atoms with Gasteiger partial charge in [-0.25, -0.2) is 0 Å². The maximum atomic E-state index is 12.7. The highest BCUT2D eigenvalue weighted by Gasteiger charge is 2.12. The average Bonchev–Trinajstić information content (AvgIpc) is 2.86. The van der Waals surface area contributed by atoms with Gasteiger partial charge in [0.15, 0.2) is 17.3 Å². The number of carbonyl (C=O) groups excluding carboxylic acids is 1. The molecular formula is C27H23ClN2O4. The minimum Gasteiger partial charge on any atom is -0.493 e. The first-order valence-corrected chi connectivity index (χ1v) is 10.8. The quantitative estimate of drug-likeness (QED) is 0.230. The number of aromatic nitrogens is 1. The third kappa shape index (κ3) is 4.97. The van der Waals surface area contributed by atoms with Gasteiger partial charge in [0.1, 0.15) is 0 Å². The molecule has 0 aliphatic rings. The fourth-order valence-corrected chi connectivity index (χ4v) is 3.74. The zero-order valence-corrected chi connectivity index (χ0v) is 19.7. The minimum absolute atomic E-state index is 0.121. The van der Waals surface area contributed by atoms with Crippen LogP contribution in [0.25, 0.3) is 17.0 Å². The van der Waals surface area contributed by atoms with Gasteiger partial charge in [-0.3, -0.25) is 9.78 Å². The molecule has 0 saturated carbocycles. The van der Waals surface area contributed by atoms with E-state index in [1.165, 1.54) is 6.08 Å². The van der Waals surface area contributed by atoms with Gasteiger partial charge >= 0.3 is 0 Å². The normalized spacial score (nSPS) is 10.9. The molecule has 0 radical (unpaired) electrons. The van der Waals surface area contributed by atoms with Crippen LogP contribution in [0.5, 0.6) is 17.2 Å². The number of halogens is 1. The summed E-state index contributed by atoms with van der Waals surface area (Å²) in [4.78, 5) is 17.1. The fraction of sp³-hybridized carbons (Fsp3) is 0.111. The standard InChI is InChI=1S/C27H23ClN2O4/c1-32-25-14-17(15-26(33-2)27(25)34-3)4-11-24(31)18-5-8-20(9-6-18)30-22-12-13-29-23-16-19(28)7-10-21(22)23/h4-16H,1-3H3,(H,29,30). The number of ketones is 1. The summed E-state index contributed by atoms with van der Waals surface area (Å²) in [5, 5.41) is 4.97. The van der Waals surface area contributed by atoms with Crippen molar-refractivity contribution in [2.24, 2.45) is 0 Å². The maximum absolute atomic E-state index is 12.7. The number of ether oxygens (including phenoxy) is 3. The lowest BCUT2D eigenvalue weighted by molar-refractivity contribution is 0.104. The second kappa shape index (κ2) is 10.3. The van der Waals surface area contributed by atoms with Crippen LogP contribution in [0.15, 0.2) is 72.9 Å². The summed E-state index contributed by atoms with van der Waals surface area (Å²) >= 11 is 6.07. The van der Waals surface area contributed by atoms with Gasteiger partial charge in [0.2, 0.25) is 5.75 Å². The molecule has 34 heavy (non-hydrogen) atoms. The van der Waals surface area contributed by atoms with Gasteiger partial charge in [-0.15, -0.1) is 0 Å². The van der Waals surface area contributed by atoms with Crippen LogP contribution in [0.1, 0.15) is 15.9 Å². The Labute approximate surface area is 202 Å². The van der Waals surface area contributed by atoms with E-state index >= 15 is 0 Å². The predicted octanol–water partition coefficient (Wildman–Crippen LogP) is 6.55. The van der Waals surface area contributed by atoms with Gasteiger partial charge < -0.3 is 19.5 Å². The number of rotatable bonds is 8. The van der Waals surface area contributed by atoms with Crippen LogP contribution in [0.2, 0.25) is 5.02 Å². The fourth-order valence-electron chi connectivity index (χ4n) is 3.57. The van der Waals surface area contributed by atoms with Gasteiger partial charge in [-0.1, -0.05) is 17.7 Å². The van der Waals surface area contributed by atoms with Crippen molar-refractivity contribution in [1.82, 2.24) is 4.98 Å². The Hall–Kier alpha value is -4.03. The molecule has 0 saturated heterocycles. The number of anilines is 2. The SMILES string of the molecule is COc1cc(C=CC(=O)c2ccc(Nc3ccnc4cc(Cl)ccc34)cc2)cc(OC)c1OC. The lowest BCUT2D eigenvalue weighted by Crippen LogP contribution is -1.97. The summed E-state index contributed by atoms with van der Waals surface area (Å²) in [7, 11) is 4.65. The zero-order chi connectivity index (χ0) is 24.1. The Kier molecular flexibility index (Phi) is 6.99. The van der Waals surface area contributed by atoms with Crippen molar-refractivity contribution in [3.05, 3.63) is 89.1 Å². The Balaban J connectivity index is 1.50. The molecular weight excluding hydrogens is 452 g/mol. The lowest BCUT2D eigenvalue weighted by atomic mass is 10.1. The number of nitrogens with one attached hydrogen (secondary N) is 1. The summed E-state index contributed by atoms with van der Waals surface area (Å²) in [5.74, 6) is 1.43. The number of nitrogens with zero attached hydrogens (tertiary/aromatic N) is 1. The van der Waals surface area contributed by atoms with Crippen molar-refractivity contribution in [2.75, 3.05) is 26.6 Å². The number of benzene rings is 3. The van der Waals surface area contributed by atoms with Crippen LogP contribution in [-0.4, -0.2) is 32.1 Å². The average molecular weight is 475 g/mol. The molecule has 0 aliphatic heterocycles. The molecule has 1 aromatic heterocycles. The van der Waals surface area contributed by atoms with E-state index in [2.05, 4.69) is 10.3 Å². The third-order valence-corrected chi connectivity index (χ3v) is 5.50. The minimum atomic E-state index is -0.121. The highest BCUT2D eigenvalue weighted by atomic mass is 35.5. The maximum Gasteiger partial charge on any atom is 0.203 e. The molecule has 6 nitrogen and oxygen atoms in total. The topological polar surface area (TPSA) is 69.7 Å². The molecule has 0 atom stereocenters. The second-order valence-corrected chi connectivity index (χ2v) is 7.82. The van der Waals surface area contributed by atoms with Crippen LogP contribution in [0.4, 0.5) is 11.4 Å². The molecule has 0 bridgehead atoms. The first kappa shape index (κ1) is 23.1. The number of pyridine rings is 1. The zero-order valence-electron chi connectivity index (χ0n) is 19.0. The highest BCUT2D eigenvalue weighted by molar-refractivity contribution is 6.31. The van der Waals surface area contributed by atoms with E-state index in [0.717, 1.165) is 27.8 Å². The Morgan fingerprint density at radius 3 is 2.26 bits per heavy atom. The molecule has 7 heteroatoms. The second-order valence-electron chi connectivity index (χ2n) is 7.38. The number of carbonyl (C=O) groups is 1. The van der Waals surface area contributed by atoms with E-state index < -0.39 is 0 Å². The predicted molar refractivity (Wildman–Crippen MR) is 136 cm³/mol. The van der Waals surface area contributed by atoms with Crippen molar-refractivity contribution in [2.45, 2.75) is 0 Å². The van der Waals surface area contributed by atoms with Gasteiger partial charge in [0, 0.05) is 33.5 Å². The monoisotopic (exact) mass is 474 g/mol. The van der Waals surface area contributed by atoms with Gasteiger partial charge in [0.25, 0.3) is 0 Å². The van der Waals surface area contributed by atoms with Crippen molar-refractivity contribution in [1.29, 1.82) is 0 Å². The number of methoxy groups -OCH3 is 3. The third-order valence-electron chi connectivity index (χ3n) is 5.27. The van der Waals surface area contributed by atoms with E-state index in [1.54, 1.807) is 57.9 Å². The molecule has 1 heterocycles. The smallest absolute Gasteiger partial charge is 0.203 e. The number of hydrogen-bond acceptors (Lipinski definition) is 6. The van der Waals surface area contributed by atoms with Crippen LogP contribution < -0.4 is 19.5 Å². The van der Waals surface area contributed by atoms with Crippen LogP contribution in [-0.2, 0) is 0 Å². The summed E-state index contributed by atoms with van der Waals surface area (Å²) < 4.78 is 16.1. The molecule has 0 unspecified atom stereocenters. The number of allylic oxidation sites excluding steroid dienone is 1. The molecule has 0 amide bonds. The van der Waals surface area contributed by atoms with Gasteiger partial charge in [0.05, 0.1) is 26.8 Å². The van der Waals surface area contributed by atoms with E-state index in [4.69, 9.17) is 25.8 Å². The van der Waals surface area contributed by atoms with E-state index in [-0.39, 0.29) is 5.78 Å². The summed E-state index contributed by atoms with van der Waals surface area (Å²) in [6.07, 6.45) is 4.96. The van der Waals surface area contributed by atoms with Crippen LogP contribution >= 0.6 is 11.6 Å². The van der Waals surface area contributed by atoms with E-state index in [0.29, 0.717) is 27.8 Å². The molecule has 0 spiro atoms. The molecule has 1 N–H and O–H groups in total. The summed E-state index contributed by atoms with van der Waals surface area (Å²) in [6, 6.07) is 18.3. The Morgan fingerprint density at radius 1 is 0.912 bits per heavy atom. The van der Waals surface area contributed by atoms with Crippen LogP contribution in [0.3, 0.4) is 0 Å². The molecule has 0 fully saturated rings. The lowest BCUT2D eigenvalue weighted by Gasteiger charge is -2.12. The van der Waals surface area contributed by atoms with Gasteiger partial charge in [-0.2, -0.15) is 0 Å². The van der Waals surface area contributed by atoms with Gasteiger partial charge in [-0.05, 0) is 72.3 Å². The summed E-state index contributed by atoms with van der Waals surface area (Å²) in [5.41, 5.74) is 3.89. The van der Waals surface area contributed by atoms with E-state index in [1.807, 2.05) is 36.4 Å². The van der Waals surface area contributed by atoms with Crippen molar-refractivity contribution in [3.8, 4) is 17.2 Å². The molecule has 0 aliphatic carbocycles. The Morgan fingerprint density at radius 2 is 1.62 bits per heavy atom. The Bertz CT molecular complexity index is 1340. The van der Waals surface area contributed by atoms with Crippen molar-refractivity contribution >= 4 is 45.7 Å². The highest BCUT2D eigenvalue weighted by Crippen LogP contribution is 2.38. The molecule has 172 valence electrons. The number of fused-ring (bicyclic) bond motifs is 1. The molecule has 4 aromatic rings. The molecule has 3 aromatic carbocycles. The molecule has 4 rings (SSSR count). The first-order chi connectivity index (χ1) is 16.5. The van der Waals surface area contributed by atoms with Crippen molar-refractivity contribution < 1.29 is 19.0 Å².